The maximum Gasteiger partial charge on any atom is 0.00903 e. The molecule has 0 saturated heterocycles. The molecule has 0 bridgehead atoms. The standard InChI is InChI=1S/C8H17N/c1-6(2)8(9)7-4-3-5-7/h6-8H,3-5,9H2,1-2H3/t8-/m1/s1. The molecule has 1 aliphatic carbocycles. The van der Waals surface area contributed by atoms with Crippen molar-refractivity contribution < 1.29 is 0 Å². The molecule has 2 N–H and O–H groups in total. The van der Waals surface area contributed by atoms with Crippen LogP contribution in [0, 0.1) is 11.8 Å². The third kappa shape index (κ3) is 1.45. The molecule has 1 nitrogen and oxygen atoms in total. The van der Waals surface area contributed by atoms with Crippen LogP contribution in [0.3, 0.4) is 0 Å². The minimum absolute atomic E-state index is 0.471. The van der Waals surface area contributed by atoms with E-state index in [1.54, 1.807) is 0 Å². The van der Waals surface area contributed by atoms with E-state index in [0.717, 1.165) is 5.92 Å². The Morgan fingerprint density at radius 3 is 2.00 bits per heavy atom. The van der Waals surface area contributed by atoms with Gasteiger partial charge in [0, 0.05) is 6.04 Å². The first kappa shape index (κ1) is 7.07. The topological polar surface area (TPSA) is 26.0 Å². The molecule has 1 rings (SSSR count). The van der Waals surface area contributed by atoms with E-state index in [-0.39, 0.29) is 0 Å². The Morgan fingerprint density at radius 1 is 1.33 bits per heavy atom. The Bertz CT molecular complexity index is 84.6. The summed E-state index contributed by atoms with van der Waals surface area (Å²) in [6.07, 6.45) is 4.16. The van der Waals surface area contributed by atoms with Crippen LogP contribution in [-0.2, 0) is 0 Å². The molecule has 0 heterocycles. The van der Waals surface area contributed by atoms with Gasteiger partial charge in [0.1, 0.15) is 0 Å². The summed E-state index contributed by atoms with van der Waals surface area (Å²) in [6.45, 7) is 4.42. The number of nitrogens with two attached hydrogens (primary N) is 1. The molecule has 1 saturated carbocycles. The molecule has 9 heavy (non-hydrogen) atoms. The van der Waals surface area contributed by atoms with Crippen LogP contribution in [0.2, 0.25) is 0 Å². The molecule has 0 aliphatic heterocycles. The highest BCUT2D eigenvalue weighted by Crippen LogP contribution is 2.31. The van der Waals surface area contributed by atoms with E-state index >= 15 is 0 Å². The van der Waals surface area contributed by atoms with E-state index in [4.69, 9.17) is 5.73 Å². The van der Waals surface area contributed by atoms with E-state index in [9.17, 15) is 0 Å². The zero-order chi connectivity index (χ0) is 6.85. The normalized spacial score (nSPS) is 24.0. The molecule has 0 spiro atoms. The summed E-state index contributed by atoms with van der Waals surface area (Å²) in [5, 5.41) is 0. The molecule has 1 atom stereocenters. The second-order valence-electron chi connectivity index (χ2n) is 3.51. The lowest BCUT2D eigenvalue weighted by Gasteiger charge is -2.33. The lowest BCUT2D eigenvalue weighted by atomic mass is 9.76. The van der Waals surface area contributed by atoms with Crippen LogP contribution in [0.4, 0.5) is 0 Å². The van der Waals surface area contributed by atoms with Crippen molar-refractivity contribution in [1.29, 1.82) is 0 Å². The average molecular weight is 127 g/mol. The molecule has 1 fully saturated rings. The van der Waals surface area contributed by atoms with Gasteiger partial charge in [-0.05, 0) is 24.7 Å². The SMILES string of the molecule is CC(C)[C@@H](N)C1CCC1. The summed E-state index contributed by atoms with van der Waals surface area (Å²) in [4.78, 5) is 0. The molecule has 0 aromatic rings. The Labute approximate surface area is 57.6 Å². The van der Waals surface area contributed by atoms with Crippen molar-refractivity contribution >= 4 is 0 Å². The molecule has 0 aromatic heterocycles. The van der Waals surface area contributed by atoms with E-state index in [1.165, 1.54) is 19.3 Å². The molecular weight excluding hydrogens is 110 g/mol. The van der Waals surface area contributed by atoms with Crippen LogP contribution in [-0.4, -0.2) is 6.04 Å². The van der Waals surface area contributed by atoms with Crippen LogP contribution in [0.15, 0.2) is 0 Å². The van der Waals surface area contributed by atoms with Gasteiger partial charge in [-0.15, -0.1) is 0 Å². The number of hydrogen-bond donors (Lipinski definition) is 1. The fourth-order valence-corrected chi connectivity index (χ4v) is 1.37. The van der Waals surface area contributed by atoms with Crippen molar-refractivity contribution in [3.63, 3.8) is 0 Å². The first-order chi connectivity index (χ1) is 4.22. The van der Waals surface area contributed by atoms with E-state index in [2.05, 4.69) is 13.8 Å². The highest BCUT2D eigenvalue weighted by Gasteiger charge is 2.25. The summed E-state index contributed by atoms with van der Waals surface area (Å²) in [7, 11) is 0. The summed E-state index contributed by atoms with van der Waals surface area (Å²) in [6, 6.07) is 0.471. The largest absolute Gasteiger partial charge is 0.327 e. The zero-order valence-electron chi connectivity index (χ0n) is 6.43. The van der Waals surface area contributed by atoms with E-state index in [1.807, 2.05) is 0 Å². The Kier molecular flexibility index (Phi) is 2.12. The quantitative estimate of drug-likeness (QED) is 0.601. The van der Waals surface area contributed by atoms with Gasteiger partial charge in [-0.2, -0.15) is 0 Å². The second-order valence-corrected chi connectivity index (χ2v) is 3.51. The molecule has 1 heteroatoms. The van der Waals surface area contributed by atoms with E-state index < -0.39 is 0 Å². The Morgan fingerprint density at radius 2 is 1.89 bits per heavy atom. The van der Waals surface area contributed by atoms with Crippen LogP contribution in [0.5, 0.6) is 0 Å². The summed E-state index contributed by atoms with van der Waals surface area (Å²) in [5.74, 6) is 1.53. The molecule has 1 aliphatic rings. The van der Waals surface area contributed by atoms with Crippen molar-refractivity contribution in [2.45, 2.75) is 39.2 Å². The van der Waals surface area contributed by atoms with Crippen LogP contribution < -0.4 is 5.73 Å². The Hall–Kier alpha value is -0.0400. The lowest BCUT2D eigenvalue weighted by Crippen LogP contribution is -2.38. The van der Waals surface area contributed by atoms with Crippen LogP contribution in [0.1, 0.15) is 33.1 Å². The molecule has 54 valence electrons. The molecule has 0 unspecified atom stereocenters. The van der Waals surface area contributed by atoms with Gasteiger partial charge in [0.05, 0.1) is 0 Å². The summed E-state index contributed by atoms with van der Waals surface area (Å²) < 4.78 is 0. The van der Waals surface area contributed by atoms with Crippen molar-refractivity contribution in [2.75, 3.05) is 0 Å². The first-order valence-corrected chi connectivity index (χ1v) is 3.97. The van der Waals surface area contributed by atoms with Gasteiger partial charge in [0.15, 0.2) is 0 Å². The van der Waals surface area contributed by atoms with Crippen molar-refractivity contribution in [1.82, 2.24) is 0 Å². The number of hydrogen-bond acceptors (Lipinski definition) is 1. The third-order valence-electron chi connectivity index (χ3n) is 2.46. The fraction of sp³-hybridized carbons (Fsp3) is 1.00. The van der Waals surface area contributed by atoms with Gasteiger partial charge >= 0.3 is 0 Å². The molecule has 0 aromatic carbocycles. The summed E-state index contributed by atoms with van der Waals surface area (Å²) in [5.41, 5.74) is 5.92. The van der Waals surface area contributed by atoms with Gasteiger partial charge in [-0.3, -0.25) is 0 Å². The Balaban J connectivity index is 2.23. The zero-order valence-corrected chi connectivity index (χ0v) is 6.43. The second kappa shape index (κ2) is 2.70. The van der Waals surface area contributed by atoms with Crippen LogP contribution in [0.25, 0.3) is 0 Å². The van der Waals surface area contributed by atoms with Crippen molar-refractivity contribution in [3.8, 4) is 0 Å². The molecule has 0 amide bonds. The summed E-state index contributed by atoms with van der Waals surface area (Å²) >= 11 is 0. The minimum Gasteiger partial charge on any atom is -0.327 e. The number of rotatable bonds is 2. The minimum atomic E-state index is 0.471. The van der Waals surface area contributed by atoms with Gasteiger partial charge < -0.3 is 5.73 Å². The molecule has 0 radical (unpaired) electrons. The predicted molar refractivity (Wildman–Crippen MR) is 40.2 cm³/mol. The van der Waals surface area contributed by atoms with Gasteiger partial charge in [0.2, 0.25) is 0 Å². The highest BCUT2D eigenvalue weighted by atomic mass is 14.7. The monoisotopic (exact) mass is 127 g/mol. The van der Waals surface area contributed by atoms with Crippen LogP contribution >= 0.6 is 0 Å². The van der Waals surface area contributed by atoms with Crippen molar-refractivity contribution in [2.24, 2.45) is 17.6 Å². The maximum atomic E-state index is 5.92. The van der Waals surface area contributed by atoms with Gasteiger partial charge in [-0.1, -0.05) is 20.3 Å². The van der Waals surface area contributed by atoms with Gasteiger partial charge in [-0.25, -0.2) is 0 Å². The smallest absolute Gasteiger partial charge is 0.00903 e. The first-order valence-electron chi connectivity index (χ1n) is 3.97. The van der Waals surface area contributed by atoms with Gasteiger partial charge in [0.25, 0.3) is 0 Å². The predicted octanol–water partition coefficient (Wildman–Crippen LogP) is 1.77. The highest BCUT2D eigenvalue weighted by molar-refractivity contribution is 4.81. The molecular formula is C8H17N. The average Bonchev–Trinajstić information content (AvgIpc) is 1.60. The maximum absolute atomic E-state index is 5.92. The van der Waals surface area contributed by atoms with Crippen molar-refractivity contribution in [3.05, 3.63) is 0 Å². The van der Waals surface area contributed by atoms with E-state index in [0.29, 0.717) is 12.0 Å². The third-order valence-corrected chi connectivity index (χ3v) is 2.46. The fourth-order valence-electron chi connectivity index (χ4n) is 1.37. The lowest BCUT2D eigenvalue weighted by molar-refractivity contribution is 0.223.